The van der Waals surface area contributed by atoms with Crippen molar-refractivity contribution >= 4 is 17.5 Å². The van der Waals surface area contributed by atoms with Crippen LogP contribution in [0.15, 0.2) is 18.2 Å². The van der Waals surface area contributed by atoms with E-state index < -0.39 is 5.82 Å². The number of nitrogens with one attached hydrogen (secondary N) is 1. The molecule has 1 unspecified atom stereocenters. The maximum absolute atomic E-state index is 13.0. The van der Waals surface area contributed by atoms with Crippen molar-refractivity contribution in [1.82, 2.24) is 10.2 Å². The van der Waals surface area contributed by atoms with E-state index in [0.29, 0.717) is 24.7 Å². The van der Waals surface area contributed by atoms with Crippen LogP contribution in [0.25, 0.3) is 0 Å². The number of likely N-dealkylation sites (N-methyl/N-ethyl adjacent to an activating group) is 1. The lowest BCUT2D eigenvalue weighted by Gasteiger charge is -2.25. The lowest BCUT2D eigenvalue weighted by atomic mass is 10.1. The molecule has 1 saturated heterocycles. The zero-order valence-corrected chi connectivity index (χ0v) is 11.7. The Morgan fingerprint density at radius 2 is 2.37 bits per heavy atom. The van der Waals surface area contributed by atoms with Crippen molar-refractivity contribution in [2.24, 2.45) is 0 Å². The summed E-state index contributed by atoms with van der Waals surface area (Å²) in [6.45, 7) is 4.23. The molecule has 0 radical (unpaired) electrons. The number of nitrogens with zero attached hydrogens (tertiary/aromatic N) is 1. The molecular weight excluding hydrogens is 267 g/mol. The highest BCUT2D eigenvalue weighted by atomic mass is 35.5. The first-order valence-corrected chi connectivity index (χ1v) is 6.97. The van der Waals surface area contributed by atoms with Crippen LogP contribution in [-0.4, -0.2) is 36.5 Å². The molecule has 0 saturated carbocycles. The number of carbonyl (C=O) groups is 1. The molecule has 104 valence electrons. The average Bonchev–Trinajstić information content (AvgIpc) is 2.88. The van der Waals surface area contributed by atoms with Gasteiger partial charge >= 0.3 is 0 Å². The number of halogens is 2. The summed E-state index contributed by atoms with van der Waals surface area (Å²) in [4.78, 5) is 14.1. The standard InChI is InChI=1S/C14H18ClFN2O/c1-2-18(9-11-4-3-7-17-11)14(19)12-6-5-10(16)8-13(12)15/h5-6,8,11,17H,2-4,7,9H2,1H3. The first kappa shape index (κ1) is 14.3. The molecule has 1 fully saturated rings. The van der Waals surface area contributed by atoms with Gasteiger partial charge in [0, 0.05) is 19.1 Å². The second-order valence-electron chi connectivity index (χ2n) is 4.76. The first-order chi connectivity index (χ1) is 9.11. The molecule has 5 heteroatoms. The van der Waals surface area contributed by atoms with E-state index in [1.165, 1.54) is 18.2 Å². The van der Waals surface area contributed by atoms with Crippen molar-refractivity contribution in [2.75, 3.05) is 19.6 Å². The Labute approximate surface area is 117 Å². The van der Waals surface area contributed by atoms with Gasteiger partial charge in [0.2, 0.25) is 0 Å². The lowest BCUT2D eigenvalue weighted by molar-refractivity contribution is 0.0751. The van der Waals surface area contributed by atoms with Gasteiger partial charge in [-0.2, -0.15) is 0 Å². The fraction of sp³-hybridized carbons (Fsp3) is 0.500. The van der Waals surface area contributed by atoms with E-state index in [0.717, 1.165) is 19.4 Å². The van der Waals surface area contributed by atoms with Crippen LogP contribution in [0.5, 0.6) is 0 Å². The smallest absolute Gasteiger partial charge is 0.255 e. The highest BCUT2D eigenvalue weighted by molar-refractivity contribution is 6.33. The monoisotopic (exact) mass is 284 g/mol. The van der Waals surface area contributed by atoms with Crippen molar-refractivity contribution in [3.63, 3.8) is 0 Å². The van der Waals surface area contributed by atoms with Crippen LogP contribution in [0.3, 0.4) is 0 Å². The minimum atomic E-state index is -0.429. The van der Waals surface area contributed by atoms with Gasteiger partial charge in [0.1, 0.15) is 5.82 Å². The third kappa shape index (κ3) is 3.45. The summed E-state index contributed by atoms with van der Waals surface area (Å²) in [5.74, 6) is -0.566. The Hall–Kier alpha value is -1.13. The van der Waals surface area contributed by atoms with Crippen molar-refractivity contribution < 1.29 is 9.18 Å². The summed E-state index contributed by atoms with van der Waals surface area (Å²) in [6.07, 6.45) is 2.23. The second kappa shape index (κ2) is 6.35. The largest absolute Gasteiger partial charge is 0.337 e. The molecule has 1 aliphatic rings. The van der Waals surface area contributed by atoms with Gasteiger partial charge in [0.15, 0.2) is 0 Å². The number of rotatable bonds is 4. The Bertz CT molecular complexity index is 461. The quantitative estimate of drug-likeness (QED) is 0.922. The van der Waals surface area contributed by atoms with Gasteiger partial charge in [0.25, 0.3) is 5.91 Å². The lowest BCUT2D eigenvalue weighted by Crippen LogP contribution is -2.41. The Kier molecular flexibility index (Phi) is 4.77. The van der Waals surface area contributed by atoms with Crippen LogP contribution >= 0.6 is 11.6 Å². The van der Waals surface area contributed by atoms with Gasteiger partial charge in [-0.05, 0) is 44.5 Å². The van der Waals surface area contributed by atoms with Crippen molar-refractivity contribution in [3.8, 4) is 0 Å². The molecule has 2 rings (SSSR count). The number of carbonyl (C=O) groups excluding carboxylic acids is 1. The van der Waals surface area contributed by atoms with E-state index in [2.05, 4.69) is 5.32 Å². The SMILES string of the molecule is CCN(CC1CCCN1)C(=O)c1ccc(F)cc1Cl. The maximum atomic E-state index is 13.0. The molecule has 1 aliphatic heterocycles. The predicted molar refractivity (Wildman–Crippen MR) is 74.0 cm³/mol. The van der Waals surface area contributed by atoms with Crippen LogP contribution in [-0.2, 0) is 0 Å². The minimum absolute atomic E-state index is 0.138. The molecule has 1 amide bonds. The Morgan fingerprint density at radius 1 is 1.58 bits per heavy atom. The average molecular weight is 285 g/mol. The summed E-state index contributed by atoms with van der Waals surface area (Å²) >= 11 is 5.94. The van der Waals surface area contributed by atoms with Crippen molar-refractivity contribution in [1.29, 1.82) is 0 Å². The molecule has 1 N–H and O–H groups in total. The van der Waals surface area contributed by atoms with Crippen molar-refractivity contribution in [3.05, 3.63) is 34.6 Å². The molecule has 0 spiro atoms. The van der Waals surface area contributed by atoms with Gasteiger partial charge in [-0.25, -0.2) is 4.39 Å². The number of hydrogen-bond donors (Lipinski definition) is 1. The predicted octanol–water partition coefficient (Wildman–Crippen LogP) is 2.69. The van der Waals surface area contributed by atoms with E-state index in [-0.39, 0.29) is 10.9 Å². The van der Waals surface area contributed by atoms with E-state index >= 15 is 0 Å². The minimum Gasteiger partial charge on any atom is -0.337 e. The van der Waals surface area contributed by atoms with Gasteiger partial charge in [-0.3, -0.25) is 4.79 Å². The summed E-state index contributed by atoms with van der Waals surface area (Å²) in [5.41, 5.74) is 0.364. The van der Waals surface area contributed by atoms with Crippen LogP contribution in [0, 0.1) is 5.82 Å². The van der Waals surface area contributed by atoms with Crippen LogP contribution in [0.2, 0.25) is 5.02 Å². The molecule has 1 aromatic carbocycles. The molecule has 1 atom stereocenters. The highest BCUT2D eigenvalue weighted by Crippen LogP contribution is 2.19. The molecule has 0 aliphatic carbocycles. The molecule has 0 bridgehead atoms. The van der Waals surface area contributed by atoms with E-state index in [9.17, 15) is 9.18 Å². The normalized spacial score (nSPS) is 18.6. The highest BCUT2D eigenvalue weighted by Gasteiger charge is 2.22. The summed E-state index contributed by atoms with van der Waals surface area (Å²) in [5, 5.41) is 3.53. The second-order valence-corrected chi connectivity index (χ2v) is 5.17. The van der Waals surface area contributed by atoms with Gasteiger partial charge in [-0.1, -0.05) is 11.6 Å². The number of amides is 1. The fourth-order valence-electron chi connectivity index (χ4n) is 2.37. The van der Waals surface area contributed by atoms with Crippen LogP contribution in [0.4, 0.5) is 4.39 Å². The number of hydrogen-bond acceptors (Lipinski definition) is 2. The summed E-state index contributed by atoms with van der Waals surface area (Å²) in [6, 6.07) is 4.24. The zero-order valence-electron chi connectivity index (χ0n) is 11.0. The van der Waals surface area contributed by atoms with Gasteiger partial charge in [0.05, 0.1) is 10.6 Å². The molecular formula is C14H18ClFN2O. The fourth-order valence-corrected chi connectivity index (χ4v) is 2.62. The van der Waals surface area contributed by atoms with E-state index in [1.807, 2.05) is 6.92 Å². The first-order valence-electron chi connectivity index (χ1n) is 6.59. The topological polar surface area (TPSA) is 32.3 Å². The van der Waals surface area contributed by atoms with Gasteiger partial charge in [-0.15, -0.1) is 0 Å². The molecule has 3 nitrogen and oxygen atoms in total. The third-order valence-corrected chi connectivity index (χ3v) is 3.75. The van der Waals surface area contributed by atoms with Crippen LogP contribution in [0.1, 0.15) is 30.1 Å². The third-order valence-electron chi connectivity index (χ3n) is 3.43. The molecule has 0 aromatic heterocycles. The van der Waals surface area contributed by atoms with Crippen molar-refractivity contribution in [2.45, 2.75) is 25.8 Å². The molecule has 19 heavy (non-hydrogen) atoms. The molecule has 1 heterocycles. The van der Waals surface area contributed by atoms with E-state index in [1.54, 1.807) is 4.90 Å². The maximum Gasteiger partial charge on any atom is 0.255 e. The Balaban J connectivity index is 2.10. The number of benzene rings is 1. The van der Waals surface area contributed by atoms with E-state index in [4.69, 9.17) is 11.6 Å². The summed E-state index contributed by atoms with van der Waals surface area (Å²) < 4.78 is 13.0. The summed E-state index contributed by atoms with van der Waals surface area (Å²) in [7, 11) is 0. The van der Waals surface area contributed by atoms with Gasteiger partial charge < -0.3 is 10.2 Å². The van der Waals surface area contributed by atoms with Crippen LogP contribution < -0.4 is 5.32 Å². The Morgan fingerprint density at radius 3 is 2.95 bits per heavy atom. The zero-order chi connectivity index (χ0) is 13.8. The molecule has 1 aromatic rings.